The molecule has 3 aromatic rings. The van der Waals surface area contributed by atoms with Crippen LogP contribution in [0.5, 0.6) is 0 Å². The maximum Gasteiger partial charge on any atom is 0.419 e. The molecule has 1 heterocycles. The Kier molecular flexibility index (Phi) is 4.14. The van der Waals surface area contributed by atoms with E-state index in [9.17, 15) is 9.59 Å². The van der Waals surface area contributed by atoms with Crippen molar-refractivity contribution in [2.45, 2.75) is 31.8 Å². The number of amides is 1. The Bertz CT molecular complexity index is 938. The summed E-state index contributed by atoms with van der Waals surface area (Å²) >= 11 is 0. The Hall–Kier alpha value is -2.82. The molecular weight excluding hydrogens is 316 g/mol. The fourth-order valence-corrected chi connectivity index (χ4v) is 3.25. The van der Waals surface area contributed by atoms with Gasteiger partial charge in [-0.1, -0.05) is 42.5 Å². The van der Waals surface area contributed by atoms with Crippen LogP contribution in [-0.2, 0) is 11.3 Å². The third-order valence-corrected chi connectivity index (χ3v) is 4.70. The smallest absolute Gasteiger partial charge is 0.408 e. The number of nitrogens with one attached hydrogen (secondary N) is 1. The summed E-state index contributed by atoms with van der Waals surface area (Å²) in [5.41, 5.74) is 2.42. The van der Waals surface area contributed by atoms with Crippen molar-refractivity contribution in [2.75, 3.05) is 0 Å². The van der Waals surface area contributed by atoms with Gasteiger partial charge in [0.05, 0.1) is 11.6 Å². The molecule has 1 atom stereocenters. The first kappa shape index (κ1) is 15.7. The fourth-order valence-electron chi connectivity index (χ4n) is 3.25. The Morgan fingerprint density at radius 1 is 1.12 bits per heavy atom. The average molecular weight is 336 g/mol. The molecule has 128 valence electrons. The van der Waals surface area contributed by atoms with Crippen molar-refractivity contribution in [3.8, 4) is 0 Å². The van der Waals surface area contributed by atoms with E-state index in [1.165, 1.54) is 4.57 Å². The number of rotatable bonds is 6. The number of hydrogen-bond acceptors (Lipinski definition) is 3. The zero-order valence-electron chi connectivity index (χ0n) is 13.9. The molecule has 0 unspecified atom stereocenters. The van der Waals surface area contributed by atoms with Gasteiger partial charge in [-0.05, 0) is 36.5 Å². The number of oxazole rings is 1. The number of hydrogen-bond donors (Lipinski definition) is 1. The molecule has 0 aliphatic heterocycles. The predicted octanol–water partition coefficient (Wildman–Crippen LogP) is 3.25. The number of carbonyl (C=O) groups excluding carboxylic acids is 1. The van der Waals surface area contributed by atoms with Gasteiger partial charge in [0, 0.05) is 13.0 Å². The van der Waals surface area contributed by atoms with E-state index in [0.29, 0.717) is 18.0 Å². The molecule has 1 saturated carbocycles. The first-order valence-electron chi connectivity index (χ1n) is 8.65. The SMILES string of the molecule is O=C(CCn1c(=O)oc2ccccc21)N[C@@H](c1ccccc1)C1CC1. The lowest BCUT2D eigenvalue weighted by atomic mass is 10.0. The van der Waals surface area contributed by atoms with Crippen LogP contribution in [0.4, 0.5) is 0 Å². The van der Waals surface area contributed by atoms with E-state index in [1.54, 1.807) is 6.07 Å². The van der Waals surface area contributed by atoms with Gasteiger partial charge in [0.15, 0.2) is 5.58 Å². The molecule has 1 aliphatic carbocycles. The molecule has 1 aliphatic rings. The van der Waals surface area contributed by atoms with Crippen LogP contribution in [0.3, 0.4) is 0 Å². The van der Waals surface area contributed by atoms with E-state index >= 15 is 0 Å². The lowest BCUT2D eigenvalue weighted by Gasteiger charge is -2.18. The molecule has 5 nitrogen and oxygen atoms in total. The van der Waals surface area contributed by atoms with Crippen LogP contribution in [0.25, 0.3) is 11.1 Å². The van der Waals surface area contributed by atoms with Crippen molar-refractivity contribution in [1.82, 2.24) is 9.88 Å². The Morgan fingerprint density at radius 3 is 2.60 bits per heavy atom. The number of aryl methyl sites for hydroxylation is 1. The third kappa shape index (κ3) is 3.36. The minimum absolute atomic E-state index is 0.0436. The van der Waals surface area contributed by atoms with Crippen LogP contribution in [-0.4, -0.2) is 10.5 Å². The quantitative estimate of drug-likeness (QED) is 0.751. The molecule has 4 rings (SSSR count). The number of carbonyl (C=O) groups is 1. The zero-order valence-corrected chi connectivity index (χ0v) is 13.9. The minimum atomic E-state index is -0.421. The Labute approximate surface area is 145 Å². The van der Waals surface area contributed by atoms with Gasteiger partial charge in [0.1, 0.15) is 0 Å². The van der Waals surface area contributed by atoms with E-state index in [4.69, 9.17) is 4.42 Å². The van der Waals surface area contributed by atoms with Gasteiger partial charge in [-0.2, -0.15) is 0 Å². The first-order valence-corrected chi connectivity index (χ1v) is 8.65. The second kappa shape index (κ2) is 6.59. The molecule has 1 amide bonds. The summed E-state index contributed by atoms with van der Waals surface area (Å²) in [6.45, 7) is 0.313. The van der Waals surface area contributed by atoms with Gasteiger partial charge in [0.25, 0.3) is 0 Å². The molecule has 0 spiro atoms. The van der Waals surface area contributed by atoms with Crippen LogP contribution in [0.1, 0.15) is 30.9 Å². The molecule has 0 saturated heterocycles. The second-order valence-electron chi connectivity index (χ2n) is 6.53. The van der Waals surface area contributed by atoms with Gasteiger partial charge in [-0.15, -0.1) is 0 Å². The summed E-state index contributed by atoms with van der Waals surface area (Å²) in [7, 11) is 0. The number of nitrogens with zero attached hydrogens (tertiary/aromatic N) is 1. The monoisotopic (exact) mass is 336 g/mol. The summed E-state index contributed by atoms with van der Waals surface area (Å²) in [6, 6.07) is 17.4. The third-order valence-electron chi connectivity index (χ3n) is 4.70. The highest BCUT2D eigenvalue weighted by Gasteiger charge is 2.33. The first-order chi connectivity index (χ1) is 12.2. The topological polar surface area (TPSA) is 64.2 Å². The molecule has 5 heteroatoms. The van der Waals surface area contributed by atoms with Gasteiger partial charge in [-0.3, -0.25) is 9.36 Å². The number of para-hydroxylation sites is 2. The molecule has 1 N–H and O–H groups in total. The Morgan fingerprint density at radius 2 is 1.84 bits per heavy atom. The second-order valence-corrected chi connectivity index (χ2v) is 6.53. The van der Waals surface area contributed by atoms with Gasteiger partial charge in [-0.25, -0.2) is 4.79 Å². The average Bonchev–Trinajstić information content (AvgIpc) is 3.42. The van der Waals surface area contributed by atoms with Crippen LogP contribution in [0, 0.1) is 5.92 Å². The zero-order chi connectivity index (χ0) is 17.2. The van der Waals surface area contributed by atoms with Crippen molar-refractivity contribution < 1.29 is 9.21 Å². The molecule has 0 radical (unpaired) electrons. The Balaban J connectivity index is 1.45. The standard InChI is InChI=1S/C20H20N2O3/c23-18(21-19(15-10-11-15)14-6-2-1-3-7-14)12-13-22-16-8-4-5-9-17(16)25-20(22)24/h1-9,15,19H,10-13H2,(H,21,23)/t19-/m0/s1. The number of benzene rings is 2. The van der Waals surface area contributed by atoms with Crippen molar-refractivity contribution in [3.63, 3.8) is 0 Å². The van der Waals surface area contributed by atoms with Crippen molar-refractivity contribution in [3.05, 3.63) is 70.7 Å². The van der Waals surface area contributed by atoms with Crippen molar-refractivity contribution >= 4 is 17.0 Å². The van der Waals surface area contributed by atoms with E-state index < -0.39 is 5.76 Å². The van der Waals surface area contributed by atoms with Crippen LogP contribution in [0.15, 0.2) is 63.8 Å². The van der Waals surface area contributed by atoms with E-state index in [-0.39, 0.29) is 18.4 Å². The molecule has 1 aromatic heterocycles. The molecular formula is C20H20N2O3. The van der Waals surface area contributed by atoms with Crippen LogP contribution in [0.2, 0.25) is 0 Å². The highest BCUT2D eigenvalue weighted by molar-refractivity contribution is 5.77. The minimum Gasteiger partial charge on any atom is -0.408 e. The normalized spacial score (nSPS) is 15.2. The summed E-state index contributed by atoms with van der Waals surface area (Å²) in [4.78, 5) is 24.4. The fraction of sp³-hybridized carbons (Fsp3) is 0.300. The van der Waals surface area contributed by atoms with Crippen molar-refractivity contribution in [1.29, 1.82) is 0 Å². The molecule has 25 heavy (non-hydrogen) atoms. The van der Waals surface area contributed by atoms with E-state index in [0.717, 1.165) is 23.9 Å². The lowest BCUT2D eigenvalue weighted by molar-refractivity contribution is -0.122. The molecule has 0 bridgehead atoms. The largest absolute Gasteiger partial charge is 0.419 e. The maximum absolute atomic E-state index is 12.4. The molecule has 1 fully saturated rings. The summed E-state index contributed by atoms with van der Waals surface area (Å²) in [5.74, 6) is 0.0533. The van der Waals surface area contributed by atoms with Crippen LogP contribution >= 0.6 is 0 Å². The maximum atomic E-state index is 12.4. The number of fused-ring (bicyclic) bond motifs is 1. The van der Waals surface area contributed by atoms with Crippen molar-refractivity contribution in [2.24, 2.45) is 5.92 Å². The highest BCUT2D eigenvalue weighted by atomic mass is 16.4. The summed E-state index contributed by atoms with van der Waals surface area (Å²) in [6.07, 6.45) is 2.54. The molecule has 2 aromatic carbocycles. The predicted molar refractivity (Wildman–Crippen MR) is 95.1 cm³/mol. The highest BCUT2D eigenvalue weighted by Crippen LogP contribution is 2.40. The number of aromatic nitrogens is 1. The van der Waals surface area contributed by atoms with E-state index in [2.05, 4.69) is 17.4 Å². The van der Waals surface area contributed by atoms with Crippen LogP contribution < -0.4 is 11.1 Å². The van der Waals surface area contributed by atoms with Gasteiger partial charge >= 0.3 is 5.76 Å². The lowest BCUT2D eigenvalue weighted by Crippen LogP contribution is -2.31. The van der Waals surface area contributed by atoms with Gasteiger partial charge < -0.3 is 9.73 Å². The summed E-state index contributed by atoms with van der Waals surface area (Å²) < 4.78 is 6.72. The van der Waals surface area contributed by atoms with E-state index in [1.807, 2.05) is 36.4 Å². The van der Waals surface area contributed by atoms with Gasteiger partial charge in [0.2, 0.25) is 5.91 Å². The summed E-state index contributed by atoms with van der Waals surface area (Å²) in [5, 5.41) is 3.14.